The fourth-order valence-electron chi connectivity index (χ4n) is 1.85. The maximum absolute atomic E-state index is 4.68. The van der Waals surface area contributed by atoms with Crippen LogP contribution in [-0.2, 0) is 0 Å². The third-order valence-corrected chi connectivity index (χ3v) is 4.70. The molecule has 0 saturated carbocycles. The largest absolute Gasteiger partial charge is 0.294 e. The molecule has 3 aromatic rings. The molecule has 0 saturated heterocycles. The fraction of sp³-hybridized carbons (Fsp3) is 0.154. The summed E-state index contributed by atoms with van der Waals surface area (Å²) in [6, 6.07) is 8.17. The average Bonchev–Trinajstić information content (AvgIpc) is 2.81. The van der Waals surface area contributed by atoms with E-state index in [0.29, 0.717) is 0 Å². The van der Waals surface area contributed by atoms with Gasteiger partial charge in [-0.05, 0) is 19.9 Å². The van der Waals surface area contributed by atoms with Crippen molar-refractivity contribution in [3.8, 4) is 11.3 Å². The number of rotatable bonds is 1. The van der Waals surface area contributed by atoms with Gasteiger partial charge < -0.3 is 0 Å². The van der Waals surface area contributed by atoms with Gasteiger partial charge in [-0.3, -0.25) is 4.40 Å². The predicted molar refractivity (Wildman–Crippen MR) is 75.7 cm³/mol. The summed E-state index contributed by atoms with van der Waals surface area (Å²) in [5.74, 6) is 0. The second kappa shape index (κ2) is 3.96. The summed E-state index contributed by atoms with van der Waals surface area (Å²) >= 11 is 5.30. The number of benzene rings is 1. The molecule has 0 unspecified atom stereocenters. The lowest BCUT2D eigenvalue weighted by atomic mass is 10.2. The minimum Gasteiger partial charge on any atom is -0.294 e. The number of halogens is 1. The first-order chi connectivity index (χ1) is 8.16. The average molecular weight is 307 g/mol. The van der Waals surface area contributed by atoms with Crippen LogP contribution in [0.1, 0.15) is 10.6 Å². The Morgan fingerprint density at radius 3 is 2.71 bits per heavy atom. The van der Waals surface area contributed by atoms with E-state index in [4.69, 9.17) is 0 Å². The molecule has 2 heterocycles. The van der Waals surface area contributed by atoms with Crippen LogP contribution in [-0.4, -0.2) is 9.38 Å². The lowest BCUT2D eigenvalue weighted by molar-refractivity contribution is 1.11. The first-order valence-corrected chi connectivity index (χ1v) is 6.98. The zero-order valence-corrected chi connectivity index (χ0v) is 12.0. The molecule has 0 fully saturated rings. The highest BCUT2D eigenvalue weighted by molar-refractivity contribution is 9.10. The van der Waals surface area contributed by atoms with Gasteiger partial charge in [0.05, 0.1) is 5.69 Å². The number of hydrogen-bond acceptors (Lipinski definition) is 2. The number of fused-ring (bicyclic) bond motifs is 1. The molecule has 3 rings (SSSR count). The Morgan fingerprint density at radius 2 is 2.00 bits per heavy atom. The summed E-state index contributed by atoms with van der Waals surface area (Å²) in [6.45, 7) is 4.26. The van der Waals surface area contributed by atoms with Gasteiger partial charge in [0.1, 0.15) is 0 Å². The molecule has 2 aromatic heterocycles. The summed E-state index contributed by atoms with van der Waals surface area (Å²) in [5.41, 5.74) is 3.43. The molecule has 0 aliphatic carbocycles. The van der Waals surface area contributed by atoms with Crippen molar-refractivity contribution in [2.45, 2.75) is 13.8 Å². The van der Waals surface area contributed by atoms with Crippen LogP contribution in [0.3, 0.4) is 0 Å². The Labute approximate surface area is 112 Å². The first kappa shape index (κ1) is 11.0. The van der Waals surface area contributed by atoms with Crippen LogP contribution in [0.2, 0.25) is 0 Å². The monoisotopic (exact) mass is 306 g/mol. The number of aromatic nitrogens is 2. The molecule has 1 aromatic carbocycles. The maximum atomic E-state index is 4.68. The topological polar surface area (TPSA) is 17.3 Å². The van der Waals surface area contributed by atoms with Gasteiger partial charge in [0, 0.05) is 26.8 Å². The van der Waals surface area contributed by atoms with Crippen LogP contribution in [0.4, 0.5) is 0 Å². The van der Waals surface area contributed by atoms with Crippen LogP contribution in [0.5, 0.6) is 0 Å². The molecule has 0 bridgehead atoms. The lowest BCUT2D eigenvalue weighted by Crippen LogP contribution is -1.82. The van der Waals surface area contributed by atoms with Crippen molar-refractivity contribution >= 4 is 32.2 Å². The molecule has 86 valence electrons. The van der Waals surface area contributed by atoms with Crippen LogP contribution in [0, 0.1) is 13.8 Å². The van der Waals surface area contributed by atoms with Gasteiger partial charge >= 0.3 is 0 Å². The van der Waals surface area contributed by atoms with Gasteiger partial charge in [-0.25, -0.2) is 4.98 Å². The highest BCUT2D eigenvalue weighted by Gasteiger charge is 2.11. The molecule has 2 nitrogen and oxygen atoms in total. The molecule has 0 atom stereocenters. The quantitative estimate of drug-likeness (QED) is 0.649. The number of aryl methyl sites for hydroxylation is 2. The number of nitrogens with zero attached hydrogens (tertiary/aromatic N) is 2. The van der Waals surface area contributed by atoms with Gasteiger partial charge in [-0.15, -0.1) is 11.3 Å². The normalized spacial score (nSPS) is 11.2. The van der Waals surface area contributed by atoms with E-state index < -0.39 is 0 Å². The molecular weight excluding hydrogens is 296 g/mol. The molecule has 0 aliphatic heterocycles. The molecule has 0 radical (unpaired) electrons. The van der Waals surface area contributed by atoms with E-state index in [-0.39, 0.29) is 0 Å². The van der Waals surface area contributed by atoms with Crippen molar-refractivity contribution in [1.29, 1.82) is 0 Å². The van der Waals surface area contributed by atoms with Crippen LogP contribution < -0.4 is 0 Å². The molecular formula is C13H11BrN2S. The zero-order chi connectivity index (χ0) is 12.0. The molecule has 0 aliphatic rings. The summed E-state index contributed by atoms with van der Waals surface area (Å²) in [4.78, 5) is 7.06. The van der Waals surface area contributed by atoms with Crippen molar-refractivity contribution in [2.24, 2.45) is 0 Å². The Morgan fingerprint density at radius 1 is 1.24 bits per heavy atom. The molecule has 17 heavy (non-hydrogen) atoms. The number of imidazole rings is 1. The van der Waals surface area contributed by atoms with Crippen LogP contribution in [0.15, 0.2) is 34.9 Å². The number of hydrogen-bond donors (Lipinski definition) is 0. The van der Waals surface area contributed by atoms with Crippen molar-refractivity contribution in [2.75, 3.05) is 0 Å². The van der Waals surface area contributed by atoms with Crippen molar-refractivity contribution < 1.29 is 0 Å². The van der Waals surface area contributed by atoms with Crippen LogP contribution in [0.25, 0.3) is 16.2 Å². The fourth-order valence-corrected chi connectivity index (χ4v) is 3.29. The van der Waals surface area contributed by atoms with Crippen LogP contribution >= 0.6 is 27.3 Å². The Kier molecular flexibility index (Phi) is 2.56. The lowest BCUT2D eigenvalue weighted by Gasteiger charge is -1.98. The predicted octanol–water partition coefficient (Wildman–Crippen LogP) is 4.44. The third-order valence-electron chi connectivity index (χ3n) is 2.94. The Bertz CT molecular complexity index is 697. The van der Waals surface area contributed by atoms with Crippen molar-refractivity contribution in [1.82, 2.24) is 9.38 Å². The van der Waals surface area contributed by atoms with Gasteiger partial charge in [0.2, 0.25) is 0 Å². The zero-order valence-electron chi connectivity index (χ0n) is 9.57. The second-order valence-electron chi connectivity index (χ2n) is 4.00. The van der Waals surface area contributed by atoms with E-state index >= 15 is 0 Å². The van der Waals surface area contributed by atoms with Gasteiger partial charge in [-0.2, -0.15) is 0 Å². The minimum atomic E-state index is 1.02. The summed E-state index contributed by atoms with van der Waals surface area (Å²) in [6.07, 6.45) is 2.11. The minimum absolute atomic E-state index is 1.02. The third kappa shape index (κ3) is 1.72. The molecule has 0 N–H and O–H groups in total. The van der Waals surface area contributed by atoms with Crippen molar-refractivity contribution in [3.05, 3.63) is 45.5 Å². The SMILES string of the molecule is Cc1sc2nc(-c3ccccc3Br)cn2c1C. The van der Waals surface area contributed by atoms with Gasteiger partial charge in [-0.1, -0.05) is 34.1 Å². The van der Waals surface area contributed by atoms with E-state index in [1.165, 1.54) is 10.6 Å². The van der Waals surface area contributed by atoms with E-state index in [1.807, 2.05) is 18.2 Å². The van der Waals surface area contributed by atoms with E-state index in [2.05, 4.69) is 51.4 Å². The highest BCUT2D eigenvalue weighted by Crippen LogP contribution is 2.30. The van der Waals surface area contributed by atoms with E-state index in [0.717, 1.165) is 20.7 Å². The second-order valence-corrected chi connectivity index (χ2v) is 6.04. The highest BCUT2D eigenvalue weighted by atomic mass is 79.9. The van der Waals surface area contributed by atoms with E-state index in [9.17, 15) is 0 Å². The number of thiazole rings is 1. The van der Waals surface area contributed by atoms with Gasteiger partial charge in [0.25, 0.3) is 0 Å². The smallest absolute Gasteiger partial charge is 0.194 e. The van der Waals surface area contributed by atoms with Gasteiger partial charge in [0.15, 0.2) is 4.96 Å². The summed E-state index contributed by atoms with van der Waals surface area (Å²) in [7, 11) is 0. The van der Waals surface area contributed by atoms with Crippen molar-refractivity contribution in [3.63, 3.8) is 0 Å². The molecule has 0 amide bonds. The summed E-state index contributed by atoms with van der Waals surface area (Å²) in [5, 5.41) is 0. The summed E-state index contributed by atoms with van der Waals surface area (Å²) < 4.78 is 3.24. The Balaban J connectivity index is 2.23. The first-order valence-electron chi connectivity index (χ1n) is 5.37. The molecule has 0 spiro atoms. The standard InChI is InChI=1S/C13H11BrN2S/c1-8-9(2)17-13-15-12(7-16(8)13)10-5-3-4-6-11(10)14/h3-7H,1-2H3. The Hall–Kier alpha value is -1.13. The maximum Gasteiger partial charge on any atom is 0.194 e. The van der Waals surface area contributed by atoms with E-state index in [1.54, 1.807) is 11.3 Å². The molecule has 4 heteroatoms.